The van der Waals surface area contributed by atoms with Crippen LogP contribution in [0.2, 0.25) is 0 Å². The zero-order valence-corrected chi connectivity index (χ0v) is 27.7. The second kappa shape index (κ2) is 26.1. The first-order chi connectivity index (χ1) is 20.3. The molecule has 2 heteroatoms. The molecule has 41 heavy (non-hydrogen) atoms. The highest BCUT2D eigenvalue weighted by Crippen LogP contribution is 2.17. The van der Waals surface area contributed by atoms with Gasteiger partial charge in [0.2, 0.25) is 0 Å². The van der Waals surface area contributed by atoms with Crippen molar-refractivity contribution in [3.63, 3.8) is 0 Å². The van der Waals surface area contributed by atoms with Gasteiger partial charge in [-0.05, 0) is 37.7 Å². The van der Waals surface area contributed by atoms with Crippen molar-refractivity contribution in [1.29, 1.82) is 0 Å². The first-order valence-electron chi connectivity index (χ1n) is 18.4. The number of nitrogens with zero attached hydrogens (tertiary/aromatic N) is 2. The first kappa shape index (κ1) is 35.6. The highest BCUT2D eigenvalue weighted by Gasteiger charge is 2.09. The van der Waals surface area contributed by atoms with Gasteiger partial charge in [0.15, 0.2) is 0 Å². The quantitative estimate of drug-likeness (QED) is 0.0898. The monoisotopic (exact) mass is 565 g/mol. The lowest BCUT2D eigenvalue weighted by Gasteiger charge is -2.08. The maximum Gasteiger partial charge on any atom is 0.108 e. The third kappa shape index (κ3) is 19.3. The summed E-state index contributed by atoms with van der Waals surface area (Å²) < 4.78 is 2.53. The van der Waals surface area contributed by atoms with Gasteiger partial charge in [-0.15, -0.1) is 0 Å². The molecule has 0 saturated heterocycles. The van der Waals surface area contributed by atoms with Crippen molar-refractivity contribution in [3.05, 3.63) is 53.6 Å². The third-order valence-electron chi connectivity index (χ3n) is 8.91. The molecular formula is C39H68N2. The van der Waals surface area contributed by atoms with Crippen LogP contribution in [0.4, 0.5) is 0 Å². The summed E-state index contributed by atoms with van der Waals surface area (Å²) in [5, 5.41) is 0. The summed E-state index contributed by atoms with van der Waals surface area (Å²) in [5.41, 5.74) is 2.77. The van der Waals surface area contributed by atoms with E-state index in [1.807, 2.05) is 0 Å². The van der Waals surface area contributed by atoms with Gasteiger partial charge in [0.05, 0.1) is 5.69 Å². The standard InChI is InChI=1S/C39H68N2/c1-3-5-7-9-11-13-15-17-19-21-23-28-35-41-36-38(33-29-32-37-30-25-24-26-31-37)40-39(41)34-27-22-20-18-16-14-12-10-8-6-4-2/h24-26,30-31,36H,3-23,27-29,32-35H2,1-2H3. The molecule has 1 aromatic carbocycles. The van der Waals surface area contributed by atoms with Crippen LogP contribution in [0.15, 0.2) is 36.5 Å². The fourth-order valence-electron chi connectivity index (χ4n) is 6.22. The molecule has 0 amide bonds. The Hall–Kier alpha value is -1.57. The smallest absolute Gasteiger partial charge is 0.108 e. The Labute approximate surface area is 256 Å². The zero-order valence-electron chi connectivity index (χ0n) is 27.7. The number of rotatable bonds is 29. The SMILES string of the molecule is CCCCCCCCCCCCCCn1cc(CCCc2ccccc2)nc1CCCCCCCCCCCCC. The maximum absolute atomic E-state index is 5.16. The van der Waals surface area contributed by atoms with Crippen LogP contribution in [0.3, 0.4) is 0 Å². The zero-order chi connectivity index (χ0) is 29.1. The van der Waals surface area contributed by atoms with E-state index in [9.17, 15) is 0 Å². The van der Waals surface area contributed by atoms with Crippen LogP contribution in [-0.4, -0.2) is 9.55 Å². The predicted octanol–water partition coefficient (Wildman–Crippen LogP) is 12.6. The molecule has 0 N–H and O–H groups in total. The van der Waals surface area contributed by atoms with Crippen molar-refractivity contribution >= 4 is 0 Å². The molecule has 0 spiro atoms. The van der Waals surface area contributed by atoms with Crippen molar-refractivity contribution in [2.75, 3.05) is 0 Å². The van der Waals surface area contributed by atoms with Gasteiger partial charge in [-0.2, -0.15) is 0 Å². The molecule has 2 nitrogen and oxygen atoms in total. The topological polar surface area (TPSA) is 17.8 Å². The molecule has 0 aliphatic carbocycles. The lowest BCUT2D eigenvalue weighted by atomic mass is 10.0. The molecule has 2 aromatic rings. The van der Waals surface area contributed by atoms with E-state index in [1.54, 1.807) is 0 Å². The van der Waals surface area contributed by atoms with Crippen molar-refractivity contribution in [3.8, 4) is 0 Å². The van der Waals surface area contributed by atoms with Crippen molar-refractivity contribution in [2.45, 2.75) is 194 Å². The van der Waals surface area contributed by atoms with E-state index < -0.39 is 0 Å². The second-order valence-electron chi connectivity index (χ2n) is 12.9. The summed E-state index contributed by atoms with van der Waals surface area (Å²) in [5.74, 6) is 1.36. The van der Waals surface area contributed by atoms with Crippen molar-refractivity contribution < 1.29 is 0 Å². The molecule has 0 atom stereocenters. The summed E-state index contributed by atoms with van der Waals surface area (Å²) in [6.45, 7) is 5.77. The number of unbranched alkanes of at least 4 members (excludes halogenated alkanes) is 21. The van der Waals surface area contributed by atoms with Gasteiger partial charge < -0.3 is 4.57 Å². The normalized spacial score (nSPS) is 11.5. The minimum atomic E-state index is 1.10. The molecule has 0 unspecified atom stereocenters. The summed E-state index contributed by atoms with van der Waals surface area (Å²) in [6, 6.07) is 10.9. The average Bonchev–Trinajstić information content (AvgIpc) is 3.38. The van der Waals surface area contributed by atoms with Gasteiger partial charge in [-0.1, -0.05) is 179 Å². The van der Waals surface area contributed by atoms with Gasteiger partial charge >= 0.3 is 0 Å². The number of benzene rings is 1. The maximum atomic E-state index is 5.16. The van der Waals surface area contributed by atoms with Crippen LogP contribution in [0.5, 0.6) is 0 Å². The van der Waals surface area contributed by atoms with Gasteiger partial charge in [-0.3, -0.25) is 0 Å². The number of hydrogen-bond donors (Lipinski definition) is 0. The van der Waals surface area contributed by atoms with Gasteiger partial charge in [0.1, 0.15) is 5.82 Å². The van der Waals surface area contributed by atoms with E-state index in [-0.39, 0.29) is 0 Å². The fourth-order valence-corrected chi connectivity index (χ4v) is 6.22. The van der Waals surface area contributed by atoms with Crippen LogP contribution in [-0.2, 0) is 25.8 Å². The van der Waals surface area contributed by atoms with E-state index >= 15 is 0 Å². The minimum Gasteiger partial charge on any atom is -0.335 e. The highest BCUT2D eigenvalue weighted by molar-refractivity contribution is 5.15. The Balaban J connectivity index is 1.64. The van der Waals surface area contributed by atoms with Crippen molar-refractivity contribution in [2.24, 2.45) is 0 Å². The lowest BCUT2D eigenvalue weighted by molar-refractivity contribution is 0.517. The molecule has 1 aromatic heterocycles. The second-order valence-corrected chi connectivity index (χ2v) is 12.9. The molecule has 0 fully saturated rings. The largest absolute Gasteiger partial charge is 0.335 e. The molecule has 0 aliphatic heterocycles. The van der Waals surface area contributed by atoms with Crippen LogP contribution in [0, 0.1) is 0 Å². The molecule has 0 saturated carbocycles. The number of aromatic nitrogens is 2. The van der Waals surface area contributed by atoms with E-state index in [1.165, 1.54) is 171 Å². The molecule has 0 radical (unpaired) electrons. The molecule has 2 rings (SSSR count). The Morgan fingerprint density at radius 3 is 1.44 bits per heavy atom. The summed E-state index contributed by atoms with van der Waals surface area (Å²) in [6.07, 6.45) is 39.5. The van der Waals surface area contributed by atoms with E-state index in [0.29, 0.717) is 0 Å². The average molecular weight is 565 g/mol. The predicted molar refractivity (Wildman–Crippen MR) is 182 cm³/mol. The number of hydrogen-bond acceptors (Lipinski definition) is 1. The highest BCUT2D eigenvalue weighted by atomic mass is 15.1. The van der Waals surface area contributed by atoms with Gasteiger partial charge in [-0.25, -0.2) is 4.98 Å². The Morgan fingerprint density at radius 2 is 0.927 bits per heavy atom. The van der Waals surface area contributed by atoms with E-state index in [4.69, 9.17) is 4.98 Å². The van der Waals surface area contributed by atoms with E-state index in [2.05, 4.69) is 54.9 Å². The molecule has 234 valence electrons. The Kier molecular flexibility index (Phi) is 22.7. The summed E-state index contributed by atoms with van der Waals surface area (Å²) in [7, 11) is 0. The van der Waals surface area contributed by atoms with Crippen LogP contribution < -0.4 is 0 Å². The summed E-state index contributed by atoms with van der Waals surface area (Å²) >= 11 is 0. The molecule has 0 aliphatic rings. The molecule has 1 heterocycles. The van der Waals surface area contributed by atoms with Crippen LogP contribution in [0.1, 0.15) is 185 Å². The molecular weight excluding hydrogens is 496 g/mol. The Morgan fingerprint density at radius 1 is 0.463 bits per heavy atom. The van der Waals surface area contributed by atoms with Crippen molar-refractivity contribution in [1.82, 2.24) is 9.55 Å². The summed E-state index contributed by atoms with van der Waals surface area (Å²) in [4.78, 5) is 5.16. The number of aryl methyl sites for hydroxylation is 4. The van der Waals surface area contributed by atoms with Gasteiger partial charge in [0, 0.05) is 19.2 Å². The van der Waals surface area contributed by atoms with Crippen LogP contribution in [0.25, 0.3) is 0 Å². The van der Waals surface area contributed by atoms with Gasteiger partial charge in [0.25, 0.3) is 0 Å². The lowest BCUT2D eigenvalue weighted by Crippen LogP contribution is -2.03. The van der Waals surface area contributed by atoms with E-state index in [0.717, 1.165) is 25.8 Å². The fraction of sp³-hybridized carbons (Fsp3) is 0.769. The molecule has 0 bridgehead atoms. The first-order valence-corrected chi connectivity index (χ1v) is 18.4. The third-order valence-corrected chi connectivity index (χ3v) is 8.91. The minimum absolute atomic E-state index is 1.10. The number of imidazole rings is 1. The Bertz CT molecular complexity index is 808. The van der Waals surface area contributed by atoms with Crippen LogP contribution >= 0.6 is 0 Å².